The van der Waals surface area contributed by atoms with Crippen LogP contribution in [0.4, 0.5) is 0 Å². The molecule has 1 saturated carbocycles. The van der Waals surface area contributed by atoms with Gasteiger partial charge in [-0.1, -0.05) is 6.07 Å². The van der Waals surface area contributed by atoms with E-state index >= 15 is 0 Å². The van der Waals surface area contributed by atoms with Gasteiger partial charge in [0.15, 0.2) is 0 Å². The molecular weight excluding hydrogens is 326 g/mol. The van der Waals surface area contributed by atoms with Crippen LogP contribution in [0.5, 0.6) is 0 Å². The molecule has 4 rings (SSSR count). The number of aromatic nitrogens is 3. The number of aryl methyl sites for hydroxylation is 2. The molecule has 6 heteroatoms. The number of nitrogens with one attached hydrogen (secondary N) is 1. The summed E-state index contributed by atoms with van der Waals surface area (Å²) in [5.74, 6) is 0.000841. The highest BCUT2D eigenvalue weighted by molar-refractivity contribution is 5.93. The second-order valence-corrected chi connectivity index (χ2v) is 8.03. The van der Waals surface area contributed by atoms with Gasteiger partial charge in [0.05, 0.1) is 17.5 Å². The molecule has 0 aromatic carbocycles. The van der Waals surface area contributed by atoms with Gasteiger partial charge in [-0.25, -0.2) is 0 Å². The molecule has 2 aliphatic rings. The van der Waals surface area contributed by atoms with E-state index in [1.54, 1.807) is 17.1 Å². The Balaban J connectivity index is 1.24. The zero-order chi connectivity index (χ0) is 18.1. The van der Waals surface area contributed by atoms with Crippen LogP contribution in [0, 0.1) is 12.3 Å². The van der Waals surface area contributed by atoms with E-state index in [0.29, 0.717) is 17.0 Å². The van der Waals surface area contributed by atoms with Gasteiger partial charge in [-0.3, -0.25) is 19.4 Å². The van der Waals surface area contributed by atoms with E-state index in [1.165, 1.54) is 12.8 Å². The Hall–Kier alpha value is -2.21. The molecule has 1 aliphatic carbocycles. The summed E-state index contributed by atoms with van der Waals surface area (Å²) in [4.78, 5) is 19.4. The van der Waals surface area contributed by atoms with Gasteiger partial charge in [0.2, 0.25) is 0 Å². The van der Waals surface area contributed by atoms with Gasteiger partial charge in [-0.15, -0.1) is 0 Å². The molecule has 2 fully saturated rings. The minimum absolute atomic E-state index is 0.000841. The van der Waals surface area contributed by atoms with Gasteiger partial charge in [-0.2, -0.15) is 5.10 Å². The third-order valence-corrected chi connectivity index (χ3v) is 5.91. The van der Waals surface area contributed by atoms with Crippen molar-refractivity contribution in [2.75, 3.05) is 13.1 Å². The Morgan fingerprint density at radius 1 is 1.31 bits per heavy atom. The molecule has 0 atom stereocenters. The minimum Gasteiger partial charge on any atom is -0.349 e. The molecule has 0 radical (unpaired) electrons. The number of likely N-dealkylation sites (tertiary alicyclic amines) is 1. The van der Waals surface area contributed by atoms with E-state index < -0.39 is 0 Å². The first-order valence-electron chi connectivity index (χ1n) is 9.46. The maximum absolute atomic E-state index is 12.2. The van der Waals surface area contributed by atoms with Crippen molar-refractivity contribution < 1.29 is 4.79 Å². The molecule has 1 amide bonds. The number of hydrogen-bond acceptors (Lipinski definition) is 4. The first-order chi connectivity index (χ1) is 12.5. The van der Waals surface area contributed by atoms with Crippen LogP contribution in [-0.2, 0) is 13.6 Å². The normalized spacial score (nSPS) is 20.1. The fraction of sp³-hybridized carbons (Fsp3) is 0.550. The molecule has 1 saturated heterocycles. The number of piperidine rings is 1. The zero-order valence-electron chi connectivity index (χ0n) is 15.6. The van der Waals surface area contributed by atoms with Crippen LogP contribution in [0.2, 0.25) is 0 Å². The lowest BCUT2D eigenvalue weighted by Crippen LogP contribution is -2.54. The molecule has 0 bridgehead atoms. The number of hydrogen-bond donors (Lipinski definition) is 1. The highest BCUT2D eigenvalue weighted by Gasteiger charge is 2.46. The molecule has 3 heterocycles. The quantitative estimate of drug-likeness (QED) is 0.916. The number of nitrogens with zero attached hydrogens (tertiary/aromatic N) is 4. The number of pyridine rings is 1. The van der Waals surface area contributed by atoms with Crippen molar-refractivity contribution in [3.63, 3.8) is 0 Å². The van der Waals surface area contributed by atoms with Gasteiger partial charge >= 0.3 is 0 Å². The van der Waals surface area contributed by atoms with Gasteiger partial charge in [0.1, 0.15) is 0 Å². The van der Waals surface area contributed by atoms with Crippen molar-refractivity contribution >= 4 is 5.91 Å². The Morgan fingerprint density at radius 3 is 2.73 bits per heavy atom. The molecular formula is C20H27N5O. The number of carbonyl (C=O) groups excluding carboxylic acids is 1. The highest BCUT2D eigenvalue weighted by Crippen LogP contribution is 2.49. The largest absolute Gasteiger partial charge is 0.349 e. The smallest absolute Gasteiger partial charge is 0.254 e. The second-order valence-electron chi connectivity index (χ2n) is 8.03. The van der Waals surface area contributed by atoms with Crippen molar-refractivity contribution in [3.05, 3.63) is 47.5 Å². The van der Waals surface area contributed by atoms with Crippen LogP contribution in [0.25, 0.3) is 0 Å². The van der Waals surface area contributed by atoms with Gasteiger partial charge < -0.3 is 5.32 Å². The summed E-state index contributed by atoms with van der Waals surface area (Å²) in [6, 6.07) is 6.56. The molecule has 26 heavy (non-hydrogen) atoms. The zero-order valence-corrected chi connectivity index (χ0v) is 15.6. The first kappa shape index (κ1) is 17.2. The summed E-state index contributed by atoms with van der Waals surface area (Å²) < 4.78 is 1.66. The summed E-state index contributed by atoms with van der Waals surface area (Å²) >= 11 is 0. The lowest BCUT2D eigenvalue weighted by molar-refractivity contribution is 0.00435. The van der Waals surface area contributed by atoms with Crippen LogP contribution in [0.3, 0.4) is 0 Å². The summed E-state index contributed by atoms with van der Waals surface area (Å²) in [6.45, 7) is 5.24. The van der Waals surface area contributed by atoms with Crippen molar-refractivity contribution in [3.8, 4) is 0 Å². The second kappa shape index (κ2) is 6.83. The standard InChI is InChI=1S/C20H27N5O/c1-15-4-3-5-17(22-15)14-25-8-6-20(7-9-25)10-18(11-20)23-19(26)16-12-21-24(2)13-16/h3-5,12-13,18H,6-11,14H2,1-2H3,(H,23,26). The average molecular weight is 353 g/mol. The van der Waals surface area contributed by atoms with Crippen LogP contribution in [-0.4, -0.2) is 44.7 Å². The Bertz CT molecular complexity index is 783. The minimum atomic E-state index is 0.000841. The fourth-order valence-electron chi connectivity index (χ4n) is 4.41. The number of amides is 1. The van der Waals surface area contributed by atoms with Crippen LogP contribution >= 0.6 is 0 Å². The molecule has 0 unspecified atom stereocenters. The van der Waals surface area contributed by atoms with E-state index in [-0.39, 0.29) is 5.91 Å². The lowest BCUT2D eigenvalue weighted by atomic mass is 9.60. The third kappa shape index (κ3) is 3.65. The summed E-state index contributed by atoms with van der Waals surface area (Å²) in [5, 5.41) is 7.22. The van der Waals surface area contributed by atoms with Crippen LogP contribution < -0.4 is 5.32 Å². The van der Waals surface area contributed by atoms with Gasteiger partial charge in [-0.05, 0) is 63.2 Å². The number of rotatable bonds is 4. The van der Waals surface area contributed by atoms with Crippen molar-refractivity contribution in [2.45, 2.75) is 45.2 Å². The van der Waals surface area contributed by atoms with Crippen LogP contribution in [0.15, 0.2) is 30.6 Å². The first-order valence-corrected chi connectivity index (χ1v) is 9.46. The van der Waals surface area contributed by atoms with E-state index in [0.717, 1.165) is 43.9 Å². The van der Waals surface area contributed by atoms with Gasteiger partial charge in [0.25, 0.3) is 5.91 Å². The Labute approximate surface area is 154 Å². The SMILES string of the molecule is Cc1cccc(CN2CCC3(CC2)CC(NC(=O)c2cnn(C)c2)C3)n1. The maximum atomic E-state index is 12.2. The molecule has 1 aliphatic heterocycles. The summed E-state index contributed by atoms with van der Waals surface area (Å²) in [5.41, 5.74) is 3.33. The molecule has 138 valence electrons. The Kier molecular flexibility index (Phi) is 4.53. The van der Waals surface area contributed by atoms with Gasteiger partial charge in [0, 0.05) is 31.5 Å². The molecule has 2 aromatic rings. The fourth-order valence-corrected chi connectivity index (χ4v) is 4.41. The molecule has 2 aromatic heterocycles. The number of carbonyl (C=O) groups is 1. The molecule has 6 nitrogen and oxygen atoms in total. The van der Waals surface area contributed by atoms with E-state index in [1.807, 2.05) is 20.0 Å². The van der Waals surface area contributed by atoms with Crippen LogP contribution in [0.1, 0.15) is 47.4 Å². The maximum Gasteiger partial charge on any atom is 0.254 e. The monoisotopic (exact) mass is 353 g/mol. The summed E-state index contributed by atoms with van der Waals surface area (Å²) in [7, 11) is 1.83. The van der Waals surface area contributed by atoms with Crippen molar-refractivity contribution in [1.29, 1.82) is 0 Å². The Morgan fingerprint density at radius 2 is 2.08 bits per heavy atom. The topological polar surface area (TPSA) is 63.1 Å². The lowest BCUT2D eigenvalue weighted by Gasteiger charge is -2.52. The summed E-state index contributed by atoms with van der Waals surface area (Å²) in [6.07, 6.45) is 8.05. The van der Waals surface area contributed by atoms with Crippen molar-refractivity contribution in [1.82, 2.24) is 25.0 Å². The highest BCUT2D eigenvalue weighted by atomic mass is 16.1. The van der Waals surface area contributed by atoms with E-state index in [2.05, 4.69) is 32.4 Å². The predicted octanol–water partition coefficient (Wildman–Crippen LogP) is 2.30. The van der Waals surface area contributed by atoms with E-state index in [9.17, 15) is 4.79 Å². The predicted molar refractivity (Wildman–Crippen MR) is 99.6 cm³/mol. The average Bonchev–Trinajstić information content (AvgIpc) is 3.02. The van der Waals surface area contributed by atoms with E-state index in [4.69, 9.17) is 0 Å². The van der Waals surface area contributed by atoms with Crippen molar-refractivity contribution in [2.24, 2.45) is 12.5 Å². The third-order valence-electron chi connectivity index (χ3n) is 5.91. The molecule has 1 N–H and O–H groups in total. The molecule has 1 spiro atoms.